The highest BCUT2D eigenvalue weighted by Crippen LogP contribution is 2.30. The molecule has 166 valence electrons. The van der Waals surface area contributed by atoms with Crippen LogP contribution in [-0.4, -0.2) is 69.2 Å². The molecule has 2 saturated heterocycles. The molecule has 0 saturated carbocycles. The van der Waals surface area contributed by atoms with Gasteiger partial charge in [-0.25, -0.2) is 9.82 Å². The van der Waals surface area contributed by atoms with E-state index in [1.165, 1.54) is 13.2 Å². The van der Waals surface area contributed by atoms with Crippen molar-refractivity contribution in [3.8, 4) is 11.5 Å². The number of rotatable bonds is 6. The number of hydrogen-bond acceptors (Lipinski definition) is 6. The number of hydrazine groups is 1. The molecule has 0 radical (unpaired) electrons. The Labute approximate surface area is 182 Å². The van der Waals surface area contributed by atoms with E-state index in [2.05, 4.69) is 15.8 Å². The van der Waals surface area contributed by atoms with E-state index in [9.17, 15) is 9.18 Å². The number of amides is 1. The summed E-state index contributed by atoms with van der Waals surface area (Å²) < 4.78 is 24.8. The number of nitrogens with one attached hydrogen (secondary N) is 2. The van der Waals surface area contributed by atoms with Crippen LogP contribution in [0.2, 0.25) is 0 Å². The van der Waals surface area contributed by atoms with E-state index in [4.69, 9.17) is 9.47 Å². The monoisotopic (exact) mass is 428 g/mol. The second kappa shape index (κ2) is 9.64. The van der Waals surface area contributed by atoms with Gasteiger partial charge in [-0.3, -0.25) is 15.1 Å². The zero-order chi connectivity index (χ0) is 21.8. The first kappa shape index (κ1) is 21.5. The van der Waals surface area contributed by atoms with Gasteiger partial charge in [0.05, 0.1) is 20.3 Å². The van der Waals surface area contributed by atoms with Crippen LogP contribution in [0.4, 0.5) is 4.39 Å². The van der Waals surface area contributed by atoms with E-state index < -0.39 is 0 Å². The third-order valence-electron chi connectivity index (χ3n) is 6.13. The quantitative estimate of drug-likeness (QED) is 0.735. The maximum Gasteiger partial charge on any atom is 0.253 e. The molecule has 2 fully saturated rings. The molecule has 8 heteroatoms. The van der Waals surface area contributed by atoms with Gasteiger partial charge in [-0.2, -0.15) is 0 Å². The molecule has 2 aliphatic rings. The van der Waals surface area contributed by atoms with Crippen LogP contribution < -0.4 is 20.3 Å². The van der Waals surface area contributed by atoms with Crippen molar-refractivity contribution < 1.29 is 18.7 Å². The van der Waals surface area contributed by atoms with E-state index >= 15 is 0 Å². The zero-order valence-electron chi connectivity index (χ0n) is 17.9. The molecule has 2 aliphatic heterocycles. The Morgan fingerprint density at radius 2 is 1.71 bits per heavy atom. The number of hydrogen-bond donors (Lipinski definition) is 2. The van der Waals surface area contributed by atoms with Crippen molar-refractivity contribution in [2.45, 2.75) is 6.04 Å². The average molecular weight is 429 g/mol. The number of methoxy groups -OCH3 is 2. The van der Waals surface area contributed by atoms with E-state index in [0.29, 0.717) is 30.0 Å². The van der Waals surface area contributed by atoms with Crippen molar-refractivity contribution in [3.05, 3.63) is 59.4 Å². The fourth-order valence-electron chi connectivity index (χ4n) is 4.31. The summed E-state index contributed by atoms with van der Waals surface area (Å²) in [5.41, 5.74) is 7.71. The third-order valence-corrected chi connectivity index (χ3v) is 6.13. The summed E-state index contributed by atoms with van der Waals surface area (Å²) >= 11 is 0. The molecule has 0 spiro atoms. The Morgan fingerprint density at radius 1 is 1.03 bits per heavy atom. The van der Waals surface area contributed by atoms with Gasteiger partial charge in [0.15, 0.2) is 0 Å². The molecule has 31 heavy (non-hydrogen) atoms. The highest BCUT2D eigenvalue weighted by Gasteiger charge is 2.33. The second-order valence-corrected chi connectivity index (χ2v) is 7.97. The fraction of sp³-hybridized carbons (Fsp3) is 0.435. The topological polar surface area (TPSA) is 66.1 Å². The minimum Gasteiger partial charge on any atom is -0.497 e. The summed E-state index contributed by atoms with van der Waals surface area (Å²) in [6.07, 6.45) is 0. The van der Waals surface area contributed by atoms with Crippen LogP contribution in [0, 0.1) is 11.7 Å². The number of benzene rings is 2. The predicted molar refractivity (Wildman–Crippen MR) is 116 cm³/mol. The average Bonchev–Trinajstić information content (AvgIpc) is 3.26. The van der Waals surface area contributed by atoms with Gasteiger partial charge in [0.1, 0.15) is 17.3 Å². The van der Waals surface area contributed by atoms with Crippen LogP contribution in [0.1, 0.15) is 22.0 Å². The lowest BCUT2D eigenvalue weighted by Gasteiger charge is -2.36. The Morgan fingerprint density at radius 3 is 2.35 bits per heavy atom. The molecule has 0 aromatic heterocycles. The molecular formula is C23H29FN4O3. The number of carbonyl (C=O) groups is 1. The van der Waals surface area contributed by atoms with Gasteiger partial charge in [-0.15, -0.1) is 0 Å². The van der Waals surface area contributed by atoms with Gasteiger partial charge in [0.2, 0.25) is 0 Å². The summed E-state index contributed by atoms with van der Waals surface area (Å²) in [7, 11) is 3.14. The Hall–Kier alpha value is -2.68. The molecule has 4 rings (SSSR count). The highest BCUT2D eigenvalue weighted by atomic mass is 19.1. The molecule has 2 unspecified atom stereocenters. The largest absolute Gasteiger partial charge is 0.497 e. The van der Waals surface area contributed by atoms with Crippen molar-refractivity contribution in [2.24, 2.45) is 5.92 Å². The van der Waals surface area contributed by atoms with Gasteiger partial charge >= 0.3 is 0 Å². The van der Waals surface area contributed by atoms with Crippen molar-refractivity contribution in [3.63, 3.8) is 0 Å². The maximum absolute atomic E-state index is 14.6. The first-order chi connectivity index (χ1) is 15.1. The van der Waals surface area contributed by atoms with E-state index in [0.717, 1.165) is 31.9 Å². The molecular weight excluding hydrogens is 399 g/mol. The number of nitrogens with zero attached hydrogens (tertiary/aromatic N) is 2. The van der Waals surface area contributed by atoms with E-state index in [1.54, 1.807) is 31.4 Å². The summed E-state index contributed by atoms with van der Waals surface area (Å²) in [5.74, 6) is 1.27. The second-order valence-electron chi connectivity index (χ2n) is 7.97. The SMILES string of the molecule is COc1ccc(C(=O)N2CCN(CC3CNNC3c3ccc(OC)cc3F)CC2)cc1. The molecule has 2 atom stereocenters. The predicted octanol–water partition coefficient (Wildman–Crippen LogP) is 2.07. The van der Waals surface area contributed by atoms with Crippen LogP contribution in [0.5, 0.6) is 11.5 Å². The molecule has 2 aromatic rings. The zero-order valence-corrected chi connectivity index (χ0v) is 17.9. The summed E-state index contributed by atoms with van der Waals surface area (Å²) in [6.45, 7) is 4.56. The summed E-state index contributed by atoms with van der Waals surface area (Å²) in [5, 5.41) is 0. The molecule has 2 N–H and O–H groups in total. The first-order valence-corrected chi connectivity index (χ1v) is 10.6. The first-order valence-electron chi connectivity index (χ1n) is 10.6. The van der Waals surface area contributed by atoms with Crippen molar-refractivity contribution in [1.82, 2.24) is 20.7 Å². The Balaban J connectivity index is 1.33. The number of carbonyl (C=O) groups excluding carboxylic acids is 1. The summed E-state index contributed by atoms with van der Waals surface area (Å²) in [6, 6.07) is 12.1. The Bertz CT molecular complexity index is 900. The normalized spacial score (nSPS) is 21.8. The van der Waals surface area contributed by atoms with Crippen LogP contribution in [0.25, 0.3) is 0 Å². The van der Waals surface area contributed by atoms with Crippen LogP contribution >= 0.6 is 0 Å². The van der Waals surface area contributed by atoms with Crippen molar-refractivity contribution in [1.29, 1.82) is 0 Å². The molecule has 2 aromatic carbocycles. The van der Waals surface area contributed by atoms with Crippen LogP contribution in [0.15, 0.2) is 42.5 Å². The van der Waals surface area contributed by atoms with Gasteiger partial charge in [0.25, 0.3) is 5.91 Å². The molecule has 0 aliphatic carbocycles. The maximum atomic E-state index is 14.6. The molecule has 7 nitrogen and oxygen atoms in total. The van der Waals surface area contributed by atoms with Gasteiger partial charge in [-0.1, -0.05) is 6.07 Å². The lowest BCUT2D eigenvalue weighted by atomic mass is 9.93. The van der Waals surface area contributed by atoms with E-state index in [-0.39, 0.29) is 23.7 Å². The Kier molecular flexibility index (Phi) is 6.70. The summed E-state index contributed by atoms with van der Waals surface area (Å²) in [4.78, 5) is 17.0. The van der Waals surface area contributed by atoms with Crippen molar-refractivity contribution in [2.75, 3.05) is 53.5 Å². The van der Waals surface area contributed by atoms with Gasteiger partial charge in [-0.05, 0) is 30.3 Å². The minimum atomic E-state index is -0.263. The third kappa shape index (κ3) is 4.81. The molecule has 0 bridgehead atoms. The number of halogens is 1. The number of ether oxygens (including phenoxy) is 2. The highest BCUT2D eigenvalue weighted by molar-refractivity contribution is 5.94. The van der Waals surface area contributed by atoms with Crippen molar-refractivity contribution >= 4 is 5.91 Å². The van der Waals surface area contributed by atoms with E-state index in [1.807, 2.05) is 17.0 Å². The molecule has 2 heterocycles. The standard InChI is InChI=1S/C23H29FN4O3/c1-30-18-5-3-16(4-6-18)23(29)28-11-9-27(10-12-28)15-17-14-25-26-22(17)20-8-7-19(31-2)13-21(20)24/h3-8,13,17,22,25-26H,9-12,14-15H2,1-2H3. The van der Waals surface area contributed by atoms with Gasteiger partial charge in [0, 0.05) is 62.4 Å². The van der Waals surface area contributed by atoms with Gasteiger partial charge < -0.3 is 14.4 Å². The number of piperazine rings is 1. The lowest BCUT2D eigenvalue weighted by Crippen LogP contribution is -2.50. The lowest BCUT2D eigenvalue weighted by molar-refractivity contribution is 0.0615. The fourth-order valence-corrected chi connectivity index (χ4v) is 4.31. The van der Waals surface area contributed by atoms with Crippen LogP contribution in [-0.2, 0) is 0 Å². The molecule has 1 amide bonds. The minimum absolute atomic E-state index is 0.0460. The smallest absolute Gasteiger partial charge is 0.253 e. The van der Waals surface area contributed by atoms with Crippen LogP contribution in [0.3, 0.4) is 0 Å².